The van der Waals surface area contributed by atoms with Crippen LogP contribution in [0.15, 0.2) is 17.7 Å². The van der Waals surface area contributed by atoms with E-state index in [1.54, 1.807) is 13.0 Å². The van der Waals surface area contributed by atoms with Crippen LogP contribution in [-0.4, -0.2) is 24.9 Å². The molecule has 21 heavy (non-hydrogen) atoms. The molecule has 1 aromatic carbocycles. The summed E-state index contributed by atoms with van der Waals surface area (Å²) in [5.74, 6) is -1.14. The lowest BCUT2D eigenvalue weighted by atomic mass is 10.00. The smallest absolute Gasteiger partial charge is 0.430 e. The van der Waals surface area contributed by atoms with Crippen molar-refractivity contribution in [3.8, 4) is 5.75 Å². The van der Waals surface area contributed by atoms with Crippen LogP contribution in [0.2, 0.25) is 5.02 Å². The molecular weight excluding hydrogens is 309 g/mol. The highest BCUT2D eigenvalue weighted by atomic mass is 35.5. The quantitative estimate of drug-likeness (QED) is 0.775. The third-order valence-corrected chi connectivity index (χ3v) is 3.14. The van der Waals surface area contributed by atoms with Crippen LogP contribution in [0.3, 0.4) is 0 Å². The van der Waals surface area contributed by atoms with E-state index in [2.05, 4.69) is 4.74 Å². The number of aryl methyl sites for hydroxylation is 1. The molecule has 0 amide bonds. The zero-order valence-corrected chi connectivity index (χ0v) is 12.0. The molecule has 2 rings (SSSR count). The SMILES string of the molecule is CCOC(=O)C1=Cc2cc(C)cc(Cl)c2OC1C(F)(F)F. The summed E-state index contributed by atoms with van der Waals surface area (Å²) in [6, 6.07) is 3.09. The van der Waals surface area contributed by atoms with E-state index in [0.29, 0.717) is 5.56 Å². The molecule has 1 aliphatic rings. The lowest BCUT2D eigenvalue weighted by Gasteiger charge is -2.28. The maximum Gasteiger partial charge on any atom is 0.430 e. The minimum Gasteiger partial charge on any atom is -0.474 e. The van der Waals surface area contributed by atoms with Crippen molar-refractivity contribution in [2.24, 2.45) is 0 Å². The van der Waals surface area contributed by atoms with Gasteiger partial charge in [-0.2, -0.15) is 13.2 Å². The second-order valence-corrected chi connectivity index (χ2v) is 4.93. The Bertz CT molecular complexity index is 608. The fourth-order valence-corrected chi connectivity index (χ4v) is 2.36. The lowest BCUT2D eigenvalue weighted by molar-refractivity contribution is -0.187. The average Bonchev–Trinajstić information content (AvgIpc) is 2.36. The Morgan fingerprint density at radius 1 is 1.43 bits per heavy atom. The number of fused-ring (bicyclic) bond motifs is 1. The molecule has 0 radical (unpaired) electrons. The number of rotatable bonds is 2. The van der Waals surface area contributed by atoms with Gasteiger partial charge >= 0.3 is 12.1 Å². The molecule has 7 heteroatoms. The molecule has 0 saturated heterocycles. The lowest BCUT2D eigenvalue weighted by Crippen LogP contribution is -2.40. The standard InChI is InChI=1S/C14H12ClF3O3/c1-3-20-13(19)9-6-8-4-7(2)5-10(15)11(8)21-12(9)14(16,17)18/h4-6,12H,3H2,1-2H3. The molecule has 0 bridgehead atoms. The number of benzene rings is 1. The van der Waals surface area contributed by atoms with Gasteiger partial charge in [-0.15, -0.1) is 0 Å². The zero-order valence-electron chi connectivity index (χ0n) is 11.3. The summed E-state index contributed by atoms with van der Waals surface area (Å²) in [6.45, 7) is 3.22. The van der Waals surface area contributed by atoms with Gasteiger partial charge in [0.1, 0.15) is 5.75 Å². The zero-order chi connectivity index (χ0) is 15.8. The van der Waals surface area contributed by atoms with Gasteiger partial charge in [0, 0.05) is 5.56 Å². The Morgan fingerprint density at radius 3 is 2.67 bits per heavy atom. The van der Waals surface area contributed by atoms with Crippen molar-refractivity contribution in [1.29, 1.82) is 0 Å². The summed E-state index contributed by atoms with van der Waals surface area (Å²) >= 11 is 5.91. The van der Waals surface area contributed by atoms with Gasteiger partial charge in [-0.1, -0.05) is 11.6 Å². The first-order valence-corrected chi connectivity index (χ1v) is 6.54. The fraction of sp³-hybridized carbons (Fsp3) is 0.357. The highest BCUT2D eigenvalue weighted by Gasteiger charge is 2.49. The van der Waals surface area contributed by atoms with E-state index in [1.165, 1.54) is 13.0 Å². The fourth-order valence-electron chi connectivity index (χ4n) is 2.04. The van der Waals surface area contributed by atoms with Gasteiger partial charge in [0.25, 0.3) is 0 Å². The second kappa shape index (κ2) is 5.60. The monoisotopic (exact) mass is 320 g/mol. The van der Waals surface area contributed by atoms with Crippen molar-refractivity contribution in [1.82, 2.24) is 0 Å². The minimum atomic E-state index is -4.75. The molecule has 0 aromatic heterocycles. The maximum atomic E-state index is 13.1. The predicted molar refractivity (Wildman–Crippen MR) is 71.3 cm³/mol. The van der Waals surface area contributed by atoms with Crippen LogP contribution in [0.25, 0.3) is 6.08 Å². The van der Waals surface area contributed by atoms with Gasteiger partial charge in [-0.3, -0.25) is 0 Å². The number of carbonyl (C=O) groups excluding carboxylic acids is 1. The van der Waals surface area contributed by atoms with Crippen LogP contribution in [-0.2, 0) is 9.53 Å². The highest BCUT2D eigenvalue weighted by Crippen LogP contribution is 2.41. The van der Waals surface area contributed by atoms with E-state index in [0.717, 1.165) is 11.6 Å². The summed E-state index contributed by atoms with van der Waals surface area (Å²) < 4.78 is 48.8. The van der Waals surface area contributed by atoms with E-state index in [1.807, 2.05) is 0 Å². The predicted octanol–water partition coefficient (Wildman–Crippen LogP) is 3.92. The number of hydrogen-bond donors (Lipinski definition) is 0. The Balaban J connectivity index is 2.55. The molecule has 1 unspecified atom stereocenters. The number of esters is 1. The van der Waals surface area contributed by atoms with Crippen molar-refractivity contribution >= 4 is 23.6 Å². The molecule has 0 aliphatic carbocycles. The highest BCUT2D eigenvalue weighted by molar-refractivity contribution is 6.32. The van der Waals surface area contributed by atoms with Crippen LogP contribution in [0.4, 0.5) is 13.2 Å². The van der Waals surface area contributed by atoms with Gasteiger partial charge < -0.3 is 9.47 Å². The Hall–Kier alpha value is -1.69. The molecular formula is C14H12ClF3O3. The Labute approximate surface area is 124 Å². The summed E-state index contributed by atoms with van der Waals surface area (Å²) in [4.78, 5) is 11.7. The van der Waals surface area contributed by atoms with Gasteiger partial charge in [0.15, 0.2) is 0 Å². The third kappa shape index (κ3) is 3.15. The van der Waals surface area contributed by atoms with Crippen LogP contribution in [0.5, 0.6) is 5.75 Å². The van der Waals surface area contributed by atoms with Crippen molar-refractivity contribution in [3.63, 3.8) is 0 Å². The molecule has 1 aliphatic heterocycles. The van der Waals surface area contributed by atoms with Crippen LogP contribution in [0.1, 0.15) is 18.1 Å². The van der Waals surface area contributed by atoms with E-state index < -0.39 is 23.8 Å². The van der Waals surface area contributed by atoms with Crippen LogP contribution >= 0.6 is 11.6 Å². The van der Waals surface area contributed by atoms with Gasteiger partial charge in [-0.05, 0) is 37.6 Å². The topological polar surface area (TPSA) is 35.5 Å². The molecule has 1 heterocycles. The molecule has 1 atom stereocenters. The van der Waals surface area contributed by atoms with E-state index in [4.69, 9.17) is 16.3 Å². The molecule has 3 nitrogen and oxygen atoms in total. The summed E-state index contributed by atoms with van der Waals surface area (Å²) in [7, 11) is 0. The number of carbonyl (C=O) groups is 1. The third-order valence-electron chi connectivity index (χ3n) is 2.85. The van der Waals surface area contributed by atoms with Crippen molar-refractivity contribution in [2.75, 3.05) is 6.61 Å². The molecule has 114 valence electrons. The second-order valence-electron chi connectivity index (χ2n) is 4.52. The van der Waals surface area contributed by atoms with Crippen LogP contribution in [0, 0.1) is 6.92 Å². The molecule has 1 aromatic rings. The Kier molecular flexibility index (Phi) is 4.18. The first-order chi connectivity index (χ1) is 9.74. The molecule has 0 saturated carbocycles. The van der Waals surface area contributed by atoms with Crippen molar-refractivity contribution in [3.05, 3.63) is 33.9 Å². The Morgan fingerprint density at radius 2 is 2.10 bits per heavy atom. The van der Waals surface area contributed by atoms with Crippen molar-refractivity contribution < 1.29 is 27.4 Å². The van der Waals surface area contributed by atoms with Gasteiger partial charge in [0.2, 0.25) is 6.10 Å². The van der Waals surface area contributed by atoms with E-state index >= 15 is 0 Å². The molecule has 0 spiro atoms. The summed E-state index contributed by atoms with van der Waals surface area (Å²) in [5.41, 5.74) is 0.481. The first kappa shape index (κ1) is 15.7. The largest absolute Gasteiger partial charge is 0.474 e. The summed E-state index contributed by atoms with van der Waals surface area (Å²) in [5, 5.41) is 0.0680. The average molecular weight is 321 g/mol. The first-order valence-electron chi connectivity index (χ1n) is 6.16. The number of ether oxygens (including phenoxy) is 2. The summed E-state index contributed by atoms with van der Waals surface area (Å²) in [6.07, 6.45) is -6.01. The number of halogens is 4. The number of hydrogen-bond acceptors (Lipinski definition) is 3. The van der Waals surface area contributed by atoms with E-state index in [-0.39, 0.29) is 17.4 Å². The molecule has 0 fully saturated rings. The maximum absolute atomic E-state index is 13.1. The minimum absolute atomic E-state index is 0.0256. The van der Waals surface area contributed by atoms with Gasteiger partial charge in [0.05, 0.1) is 17.2 Å². The number of alkyl halides is 3. The molecule has 0 N–H and O–H groups in total. The van der Waals surface area contributed by atoms with E-state index in [9.17, 15) is 18.0 Å². The van der Waals surface area contributed by atoms with Crippen molar-refractivity contribution in [2.45, 2.75) is 26.1 Å². The normalized spacial score (nSPS) is 17.6. The van der Waals surface area contributed by atoms with Gasteiger partial charge in [-0.25, -0.2) is 4.79 Å². The van der Waals surface area contributed by atoms with Crippen LogP contribution < -0.4 is 4.74 Å².